The number of unbranched alkanes of at least 4 members (excludes halogenated alkanes) is 48. The van der Waals surface area contributed by atoms with E-state index in [0.29, 0.717) is 17.4 Å². The number of hydrogen-bond donors (Lipinski definition) is 1. The molecule has 0 aromatic carbocycles. The van der Waals surface area contributed by atoms with Gasteiger partial charge >= 0.3 is 17.9 Å². The largest absolute Gasteiger partial charge is 0.477 e. The summed E-state index contributed by atoms with van der Waals surface area (Å²) in [6.07, 6.45) is 81.4. The molecule has 0 bridgehead atoms. The summed E-state index contributed by atoms with van der Waals surface area (Å²) in [4.78, 5) is 37.6. The highest BCUT2D eigenvalue weighted by Gasteiger charge is 2.25. The Bertz CT molecular complexity index is 1470. The van der Waals surface area contributed by atoms with Crippen molar-refractivity contribution in [1.29, 1.82) is 0 Å². The van der Waals surface area contributed by atoms with Crippen molar-refractivity contribution in [2.45, 2.75) is 379 Å². The van der Waals surface area contributed by atoms with Crippen LogP contribution in [0.2, 0.25) is 0 Å². The Morgan fingerprint density at radius 1 is 0.357 bits per heavy atom. The zero-order chi connectivity index (χ0) is 61.2. The normalized spacial score (nSPS) is 12.8. The Hall–Kier alpha value is -2.49. The minimum atomic E-state index is -1.51. The second-order valence-corrected chi connectivity index (χ2v) is 26.3. The molecule has 0 aliphatic carbocycles. The highest BCUT2D eigenvalue weighted by atomic mass is 16.7. The molecule has 0 radical (unpaired) electrons. The lowest BCUT2D eigenvalue weighted by Crippen LogP contribution is -2.40. The third-order valence-electron chi connectivity index (χ3n) is 16.6. The highest BCUT2D eigenvalue weighted by molar-refractivity contribution is 5.71. The number of esters is 2. The van der Waals surface area contributed by atoms with Gasteiger partial charge in [0, 0.05) is 12.8 Å². The first-order valence-electron chi connectivity index (χ1n) is 36.7. The minimum absolute atomic E-state index is 0.174. The van der Waals surface area contributed by atoms with Gasteiger partial charge in [-0.1, -0.05) is 339 Å². The standard InChI is InChI=1S/C75H141NO8/c1-6-8-10-12-14-16-18-20-22-24-26-27-28-29-30-31-32-33-34-35-36-37-38-39-40-41-42-43-44-45-46-47-48-50-52-54-56-58-60-62-64-66-73(78)84-71(70-83-75(74(79)80)81-68-67-76(3,4)5)69-82-72(77)65-63-61-59-57-55-53-51-49-25-23-21-19-17-15-13-11-9-7-2/h18,20,24,26,28-29,71,75H,6-17,19,21-23,25,27,30-70H2,1-5H3/p+1/b20-18-,26-24-,29-28-. The lowest BCUT2D eigenvalue weighted by molar-refractivity contribution is -0.870. The van der Waals surface area contributed by atoms with E-state index >= 15 is 0 Å². The van der Waals surface area contributed by atoms with Gasteiger partial charge in [0.25, 0.3) is 6.29 Å². The van der Waals surface area contributed by atoms with Crippen molar-refractivity contribution in [3.63, 3.8) is 0 Å². The molecule has 0 aliphatic heterocycles. The van der Waals surface area contributed by atoms with Crippen molar-refractivity contribution < 1.29 is 42.9 Å². The third-order valence-corrected chi connectivity index (χ3v) is 16.6. The Kier molecular flexibility index (Phi) is 64.5. The molecule has 0 rings (SSSR count). The summed E-state index contributed by atoms with van der Waals surface area (Å²) < 4.78 is 23.0. The van der Waals surface area contributed by atoms with Crippen LogP contribution in [0.15, 0.2) is 36.5 Å². The molecule has 0 aliphatic rings. The second kappa shape index (κ2) is 66.5. The Labute approximate surface area is 521 Å². The van der Waals surface area contributed by atoms with E-state index in [2.05, 4.69) is 50.3 Å². The summed E-state index contributed by atoms with van der Waals surface area (Å²) in [7, 11) is 5.99. The fraction of sp³-hybridized carbons (Fsp3) is 0.880. The average Bonchev–Trinajstić information content (AvgIpc) is 3.52. The first kappa shape index (κ1) is 81.5. The molecule has 0 aromatic heterocycles. The molecule has 494 valence electrons. The maximum atomic E-state index is 12.9. The van der Waals surface area contributed by atoms with Gasteiger partial charge in [-0.25, -0.2) is 4.79 Å². The van der Waals surface area contributed by atoms with Gasteiger partial charge in [0.2, 0.25) is 0 Å². The molecule has 2 atom stereocenters. The topological polar surface area (TPSA) is 108 Å². The van der Waals surface area contributed by atoms with Gasteiger partial charge in [-0.2, -0.15) is 0 Å². The predicted octanol–water partition coefficient (Wildman–Crippen LogP) is 22.8. The van der Waals surface area contributed by atoms with Crippen LogP contribution in [0.3, 0.4) is 0 Å². The number of carboxylic acids is 1. The van der Waals surface area contributed by atoms with Crippen LogP contribution < -0.4 is 0 Å². The van der Waals surface area contributed by atoms with Gasteiger partial charge in [0.15, 0.2) is 6.10 Å². The zero-order valence-electron chi connectivity index (χ0n) is 56.6. The molecular weight excluding hydrogens is 1040 g/mol. The van der Waals surface area contributed by atoms with E-state index < -0.39 is 18.4 Å². The summed E-state index contributed by atoms with van der Waals surface area (Å²) in [6.45, 7) is 4.93. The predicted molar refractivity (Wildman–Crippen MR) is 360 cm³/mol. The average molecular weight is 1190 g/mol. The number of rotatable bonds is 69. The van der Waals surface area contributed by atoms with Crippen LogP contribution in [0.1, 0.15) is 367 Å². The van der Waals surface area contributed by atoms with E-state index in [0.717, 1.165) is 51.4 Å². The summed E-state index contributed by atoms with van der Waals surface area (Å²) in [5, 5.41) is 9.74. The summed E-state index contributed by atoms with van der Waals surface area (Å²) in [5.41, 5.74) is 0. The van der Waals surface area contributed by atoms with Gasteiger partial charge in [0.1, 0.15) is 13.2 Å². The van der Waals surface area contributed by atoms with Gasteiger partial charge < -0.3 is 28.5 Å². The highest BCUT2D eigenvalue weighted by Crippen LogP contribution is 2.19. The fourth-order valence-electron chi connectivity index (χ4n) is 11.0. The molecular formula is C75H142NO8+. The molecule has 0 saturated carbocycles. The number of likely N-dealkylation sites (N-methyl/N-ethyl adjacent to an activating group) is 1. The number of ether oxygens (including phenoxy) is 4. The molecule has 0 heterocycles. The maximum absolute atomic E-state index is 12.9. The van der Waals surface area contributed by atoms with Crippen LogP contribution in [-0.4, -0.2) is 87.4 Å². The van der Waals surface area contributed by atoms with Crippen molar-refractivity contribution in [1.82, 2.24) is 0 Å². The van der Waals surface area contributed by atoms with Gasteiger partial charge in [-0.3, -0.25) is 9.59 Å². The molecule has 0 fully saturated rings. The number of allylic oxidation sites excluding steroid dienone is 6. The van der Waals surface area contributed by atoms with Gasteiger partial charge in [-0.15, -0.1) is 0 Å². The van der Waals surface area contributed by atoms with Crippen molar-refractivity contribution in [2.24, 2.45) is 0 Å². The zero-order valence-corrected chi connectivity index (χ0v) is 56.6. The van der Waals surface area contributed by atoms with E-state index in [9.17, 15) is 19.5 Å². The van der Waals surface area contributed by atoms with Crippen LogP contribution in [0.25, 0.3) is 0 Å². The molecule has 2 unspecified atom stereocenters. The van der Waals surface area contributed by atoms with Crippen molar-refractivity contribution in [3.05, 3.63) is 36.5 Å². The van der Waals surface area contributed by atoms with Crippen LogP contribution >= 0.6 is 0 Å². The van der Waals surface area contributed by atoms with E-state index in [1.54, 1.807) is 0 Å². The van der Waals surface area contributed by atoms with Gasteiger partial charge in [0.05, 0.1) is 34.4 Å². The quantitative estimate of drug-likeness (QED) is 0.0211. The molecule has 0 spiro atoms. The lowest BCUT2D eigenvalue weighted by atomic mass is 10.0. The van der Waals surface area contributed by atoms with Gasteiger partial charge in [-0.05, 0) is 51.4 Å². The number of aliphatic carboxylic acids is 1. The monoisotopic (exact) mass is 1190 g/mol. The molecule has 9 nitrogen and oxygen atoms in total. The van der Waals surface area contributed by atoms with Crippen molar-refractivity contribution in [2.75, 3.05) is 47.5 Å². The van der Waals surface area contributed by atoms with Crippen LogP contribution in [-0.2, 0) is 33.3 Å². The van der Waals surface area contributed by atoms with Crippen molar-refractivity contribution in [3.8, 4) is 0 Å². The Balaban J connectivity index is 3.92. The van der Waals surface area contributed by atoms with E-state index in [-0.39, 0.29) is 38.2 Å². The number of hydrogen-bond acceptors (Lipinski definition) is 7. The van der Waals surface area contributed by atoms with Crippen LogP contribution in [0, 0.1) is 0 Å². The van der Waals surface area contributed by atoms with E-state index in [4.69, 9.17) is 18.9 Å². The van der Waals surface area contributed by atoms with Crippen molar-refractivity contribution >= 4 is 17.9 Å². The molecule has 1 N–H and O–H groups in total. The van der Waals surface area contributed by atoms with E-state index in [1.807, 2.05) is 21.1 Å². The van der Waals surface area contributed by atoms with E-state index in [1.165, 1.54) is 289 Å². The fourth-order valence-corrected chi connectivity index (χ4v) is 11.0. The molecule has 0 aromatic rings. The SMILES string of the molecule is CCCCCCC/C=C\C/C=C\C/C=C\CCCCCCCCCCCCCCCCCCCCCCCCCCCCC(=O)OC(COC(=O)CCCCCCCCCCCCCCCCCCCC)COC(OCC[N+](C)(C)C)C(=O)O. The van der Waals surface area contributed by atoms with Crippen LogP contribution in [0.4, 0.5) is 0 Å². The summed E-state index contributed by atoms with van der Waals surface area (Å²) in [5.74, 6) is -1.97. The smallest absolute Gasteiger partial charge is 0.361 e. The number of carboxylic acid groups (broad SMARTS) is 1. The lowest BCUT2D eigenvalue weighted by Gasteiger charge is -2.25. The summed E-state index contributed by atoms with van der Waals surface area (Å²) >= 11 is 0. The Morgan fingerprint density at radius 3 is 0.952 bits per heavy atom. The first-order valence-corrected chi connectivity index (χ1v) is 36.7. The number of quaternary nitrogens is 1. The van der Waals surface area contributed by atoms with Crippen LogP contribution in [0.5, 0.6) is 0 Å². The molecule has 9 heteroatoms. The number of nitrogens with zero attached hydrogens (tertiary/aromatic N) is 1. The number of carbonyl (C=O) groups is 3. The Morgan fingerprint density at radius 2 is 0.643 bits per heavy atom. The third kappa shape index (κ3) is 67.0. The molecule has 84 heavy (non-hydrogen) atoms. The first-order chi connectivity index (χ1) is 41.1. The molecule has 0 saturated heterocycles. The summed E-state index contributed by atoms with van der Waals surface area (Å²) in [6, 6.07) is 0. The minimum Gasteiger partial charge on any atom is -0.477 e. The number of carbonyl (C=O) groups excluding carboxylic acids is 2. The second-order valence-electron chi connectivity index (χ2n) is 26.3. The molecule has 0 amide bonds. The maximum Gasteiger partial charge on any atom is 0.361 e.